The fourth-order valence-electron chi connectivity index (χ4n) is 3.95. The maximum Gasteiger partial charge on any atom is 0.338 e. The lowest BCUT2D eigenvalue weighted by atomic mass is 9.93. The number of hydrogen-bond donors (Lipinski definition) is 0. The van der Waals surface area contributed by atoms with Crippen LogP contribution in [-0.4, -0.2) is 17.1 Å². The van der Waals surface area contributed by atoms with Gasteiger partial charge in [-0.3, -0.25) is 9.36 Å². The van der Waals surface area contributed by atoms with Gasteiger partial charge >= 0.3 is 5.97 Å². The minimum Gasteiger partial charge on any atom is -0.463 e. The summed E-state index contributed by atoms with van der Waals surface area (Å²) in [5, 5.41) is 0. The number of carbonyl (C=O) groups excluding carboxylic acids is 1. The molecule has 4 aromatic rings. The molecule has 0 aliphatic carbocycles. The van der Waals surface area contributed by atoms with Gasteiger partial charge in [0.15, 0.2) is 8.57 Å². The summed E-state index contributed by atoms with van der Waals surface area (Å²) in [5.74, 6) is 0.0541. The van der Waals surface area contributed by atoms with E-state index in [9.17, 15) is 9.59 Å². The molecule has 0 fully saturated rings. The van der Waals surface area contributed by atoms with Crippen LogP contribution in [0.2, 0.25) is 0 Å². The number of benzene rings is 2. The van der Waals surface area contributed by atoms with E-state index in [1.807, 2.05) is 66.7 Å². The third-order valence-corrected chi connectivity index (χ3v) is 8.54. The maximum absolute atomic E-state index is 13.7. The lowest BCUT2D eigenvalue weighted by Gasteiger charge is -2.25. The molecule has 0 bridgehead atoms. The highest BCUT2D eigenvalue weighted by molar-refractivity contribution is 14.1. The van der Waals surface area contributed by atoms with Gasteiger partial charge in [-0.15, -0.1) is 0 Å². The molecule has 0 radical (unpaired) electrons. The molecular formula is C26H18BrIN2O4S. The normalized spacial score (nSPS) is 15.6. The number of carbonyl (C=O) groups is 1. The number of hydrogen-bond acceptors (Lipinski definition) is 6. The fourth-order valence-corrected chi connectivity index (χ4v) is 5.65. The molecule has 1 aliphatic heterocycles. The van der Waals surface area contributed by atoms with E-state index in [1.165, 1.54) is 11.3 Å². The van der Waals surface area contributed by atoms with Gasteiger partial charge in [0.2, 0.25) is 0 Å². The van der Waals surface area contributed by atoms with E-state index in [4.69, 9.17) is 14.1 Å². The number of fused-ring (bicyclic) bond motifs is 1. The smallest absolute Gasteiger partial charge is 0.338 e. The minimum atomic E-state index is -0.688. The van der Waals surface area contributed by atoms with Gasteiger partial charge in [0.1, 0.15) is 5.76 Å². The number of furan rings is 1. The minimum absolute atomic E-state index is 0.211. The Morgan fingerprint density at radius 2 is 1.89 bits per heavy atom. The van der Waals surface area contributed by atoms with E-state index < -0.39 is 12.0 Å². The third-order valence-electron chi connectivity index (χ3n) is 5.43. The summed E-state index contributed by atoms with van der Waals surface area (Å²) in [7, 11) is 0. The second kappa shape index (κ2) is 10.1. The molecule has 0 amide bonds. The largest absolute Gasteiger partial charge is 0.463 e. The number of rotatable bonds is 5. The average Bonchev–Trinajstić information content (AvgIpc) is 3.36. The van der Waals surface area contributed by atoms with Crippen LogP contribution in [0.4, 0.5) is 0 Å². The number of ether oxygens (including phenoxy) is 1. The number of halogens is 2. The van der Waals surface area contributed by atoms with Crippen molar-refractivity contribution in [1.29, 1.82) is 0 Å². The van der Waals surface area contributed by atoms with Crippen LogP contribution in [0.25, 0.3) is 11.8 Å². The molecule has 3 heterocycles. The van der Waals surface area contributed by atoms with Crippen LogP contribution in [0.3, 0.4) is 0 Å². The lowest BCUT2D eigenvalue weighted by molar-refractivity contribution is -0.138. The van der Waals surface area contributed by atoms with Gasteiger partial charge in [0, 0.05) is 34.2 Å². The Balaban J connectivity index is 1.83. The van der Waals surface area contributed by atoms with Crippen molar-refractivity contribution in [1.82, 2.24) is 4.57 Å². The van der Waals surface area contributed by atoms with E-state index in [0.717, 1.165) is 15.6 Å². The summed E-state index contributed by atoms with van der Waals surface area (Å²) in [4.78, 5) is 32.4. The molecule has 0 saturated heterocycles. The van der Waals surface area contributed by atoms with E-state index in [2.05, 4.69) is 38.5 Å². The number of esters is 1. The Labute approximate surface area is 226 Å². The van der Waals surface area contributed by atoms with Crippen LogP contribution in [0.15, 0.2) is 91.0 Å². The fraction of sp³-hybridized carbons (Fsp3) is 0.115. The van der Waals surface area contributed by atoms with Crippen LogP contribution in [0.5, 0.6) is 0 Å². The highest BCUT2D eigenvalue weighted by atomic mass is 127. The van der Waals surface area contributed by atoms with Crippen molar-refractivity contribution in [3.05, 3.63) is 117 Å². The summed E-state index contributed by atoms with van der Waals surface area (Å²) >= 11 is 6.78. The zero-order chi connectivity index (χ0) is 24.5. The van der Waals surface area contributed by atoms with E-state index in [1.54, 1.807) is 17.6 Å². The first-order valence-electron chi connectivity index (χ1n) is 10.8. The van der Waals surface area contributed by atoms with Crippen molar-refractivity contribution in [2.45, 2.75) is 13.0 Å². The van der Waals surface area contributed by atoms with Gasteiger partial charge in [-0.2, -0.15) is 0 Å². The second-order valence-corrected chi connectivity index (χ2v) is 10.5. The van der Waals surface area contributed by atoms with Crippen molar-refractivity contribution in [2.24, 2.45) is 4.99 Å². The summed E-state index contributed by atoms with van der Waals surface area (Å²) in [6.45, 7) is 1.97. The van der Waals surface area contributed by atoms with E-state index in [-0.39, 0.29) is 12.2 Å². The Bertz CT molecular complexity index is 1600. The van der Waals surface area contributed by atoms with Crippen LogP contribution in [0.1, 0.15) is 29.9 Å². The van der Waals surface area contributed by atoms with E-state index >= 15 is 0 Å². The third kappa shape index (κ3) is 4.60. The number of nitrogens with zero attached hydrogens (tertiary/aromatic N) is 2. The van der Waals surface area contributed by atoms with E-state index in [0.29, 0.717) is 30.1 Å². The van der Waals surface area contributed by atoms with Crippen molar-refractivity contribution in [3.8, 4) is 0 Å². The van der Waals surface area contributed by atoms with Crippen LogP contribution < -0.4 is 14.9 Å². The Kier molecular flexibility index (Phi) is 6.90. The molecule has 2 aromatic carbocycles. The lowest BCUT2D eigenvalue weighted by Crippen LogP contribution is -2.39. The summed E-state index contributed by atoms with van der Waals surface area (Å²) in [6.07, 6.45) is 1.70. The first kappa shape index (κ1) is 24.0. The van der Waals surface area contributed by atoms with Gasteiger partial charge in [-0.05, 0) is 34.5 Å². The van der Waals surface area contributed by atoms with Gasteiger partial charge in [0.25, 0.3) is 5.56 Å². The standard InChI is InChI=1S/C26H18BrIN2O4S/c1-2-33-25(32)20-21(15-9-5-3-6-10-15)29-26-30(22(20)16-11-7-4-8-12-16)24(31)19(35-26)14-17-13-18(27)23(28)34-17/h3-14,22H,2H2,1H3/b19-14+/t22-/m1/s1. The van der Waals surface area contributed by atoms with Gasteiger partial charge < -0.3 is 9.15 Å². The molecule has 0 unspecified atom stereocenters. The molecule has 0 spiro atoms. The monoisotopic (exact) mass is 660 g/mol. The highest BCUT2D eigenvalue weighted by Crippen LogP contribution is 2.35. The van der Waals surface area contributed by atoms with Crippen molar-refractivity contribution in [2.75, 3.05) is 6.61 Å². The summed E-state index contributed by atoms with van der Waals surface area (Å²) in [6, 6.07) is 20.1. The maximum atomic E-state index is 13.7. The highest BCUT2D eigenvalue weighted by Gasteiger charge is 2.35. The first-order chi connectivity index (χ1) is 17.0. The molecule has 35 heavy (non-hydrogen) atoms. The van der Waals surface area contributed by atoms with Crippen LogP contribution in [0, 0.1) is 3.77 Å². The molecule has 1 aliphatic rings. The van der Waals surface area contributed by atoms with Crippen molar-refractivity contribution < 1.29 is 13.9 Å². The predicted molar refractivity (Wildman–Crippen MR) is 147 cm³/mol. The average molecular weight is 661 g/mol. The Hall–Kier alpha value is -2.76. The van der Waals surface area contributed by atoms with Gasteiger partial charge in [-0.1, -0.05) is 72.0 Å². The predicted octanol–water partition coefficient (Wildman–Crippen LogP) is 4.90. The molecule has 9 heteroatoms. The number of aromatic nitrogens is 1. The molecule has 5 rings (SSSR count). The molecule has 6 nitrogen and oxygen atoms in total. The second-order valence-electron chi connectivity index (χ2n) is 7.61. The first-order valence-corrected chi connectivity index (χ1v) is 13.4. The summed E-state index contributed by atoms with van der Waals surface area (Å²) < 4.78 is 14.7. The molecule has 0 saturated carbocycles. The quantitative estimate of drug-likeness (QED) is 0.226. The topological polar surface area (TPSA) is 73.8 Å². The van der Waals surface area contributed by atoms with Gasteiger partial charge in [-0.25, -0.2) is 9.79 Å². The zero-order valence-corrected chi connectivity index (χ0v) is 23.0. The van der Waals surface area contributed by atoms with Crippen molar-refractivity contribution >= 4 is 67.6 Å². The Morgan fingerprint density at radius 3 is 2.51 bits per heavy atom. The molecule has 0 N–H and O–H groups in total. The zero-order valence-electron chi connectivity index (χ0n) is 18.4. The summed E-state index contributed by atoms with van der Waals surface area (Å²) in [5.41, 5.74) is 2.15. The molecule has 2 aromatic heterocycles. The van der Waals surface area contributed by atoms with Crippen LogP contribution >= 0.6 is 49.9 Å². The molecular weight excluding hydrogens is 643 g/mol. The van der Waals surface area contributed by atoms with Crippen LogP contribution in [-0.2, 0) is 9.53 Å². The van der Waals surface area contributed by atoms with Gasteiger partial charge in [0.05, 0.1) is 32.9 Å². The molecule has 1 atom stereocenters. The molecule has 176 valence electrons. The Morgan fingerprint density at radius 1 is 1.20 bits per heavy atom. The SMILES string of the molecule is CCOC(=O)C1=C(c2ccccc2)N=c2s/c(=C/c3cc(Br)c(I)o3)c(=O)n2[C@@H]1c1ccccc1. The van der Waals surface area contributed by atoms with Crippen molar-refractivity contribution in [3.63, 3.8) is 0 Å². The number of thiazole rings is 1.